The number of nitrogens with zero attached hydrogens (tertiary/aromatic N) is 4. The highest BCUT2D eigenvalue weighted by molar-refractivity contribution is 5.89. The number of carbonyl (C=O) groups excluding carboxylic acids is 1. The van der Waals surface area contributed by atoms with Gasteiger partial charge in [-0.3, -0.25) is 10.2 Å². The molecule has 0 radical (unpaired) electrons. The lowest BCUT2D eigenvalue weighted by molar-refractivity contribution is -0.137. The first-order valence-electron chi connectivity index (χ1n) is 6.06. The molecule has 1 aromatic heterocycles. The molecular formula is C13H9F3N6O. The molecule has 0 aliphatic heterocycles. The third-order valence-electron chi connectivity index (χ3n) is 2.68. The lowest BCUT2D eigenvalue weighted by Gasteiger charge is -2.08. The summed E-state index contributed by atoms with van der Waals surface area (Å²) >= 11 is 0. The molecule has 10 heteroatoms. The SMILES string of the molecule is N#Cc1cc(-c2ncn(C=CC(=O)NN)n2)cc(C(F)(F)F)c1. The summed E-state index contributed by atoms with van der Waals surface area (Å²) in [7, 11) is 0. The number of hydrogen-bond donors (Lipinski definition) is 2. The number of nitriles is 1. The fourth-order valence-electron chi connectivity index (χ4n) is 1.66. The van der Waals surface area contributed by atoms with Crippen LogP contribution in [0.2, 0.25) is 0 Å². The van der Waals surface area contributed by atoms with Crippen LogP contribution in [0.25, 0.3) is 17.6 Å². The van der Waals surface area contributed by atoms with Crippen LogP contribution >= 0.6 is 0 Å². The standard InChI is InChI=1S/C13H9F3N6O/c14-13(15,16)10-4-8(6-17)3-9(5-10)12-19-7-22(21-12)2-1-11(23)20-18/h1-5,7H,18H2,(H,20,23). The molecule has 1 amide bonds. The molecule has 1 heterocycles. The number of alkyl halides is 3. The van der Waals surface area contributed by atoms with Crippen molar-refractivity contribution >= 4 is 12.1 Å². The molecule has 0 unspecified atom stereocenters. The van der Waals surface area contributed by atoms with Gasteiger partial charge in [0.1, 0.15) is 6.33 Å². The molecule has 2 rings (SSSR count). The van der Waals surface area contributed by atoms with E-state index in [1.165, 1.54) is 18.6 Å². The Labute approximate surface area is 127 Å². The molecule has 3 N–H and O–H groups in total. The lowest BCUT2D eigenvalue weighted by Crippen LogP contribution is -2.28. The second-order valence-electron chi connectivity index (χ2n) is 4.28. The zero-order valence-electron chi connectivity index (χ0n) is 11.4. The first-order chi connectivity index (χ1) is 10.8. The van der Waals surface area contributed by atoms with E-state index in [0.717, 1.165) is 22.9 Å². The van der Waals surface area contributed by atoms with E-state index in [1.807, 2.05) is 5.43 Å². The minimum atomic E-state index is -4.59. The van der Waals surface area contributed by atoms with Gasteiger partial charge in [0.05, 0.1) is 17.2 Å². The van der Waals surface area contributed by atoms with Crippen molar-refractivity contribution in [3.8, 4) is 17.5 Å². The van der Waals surface area contributed by atoms with Gasteiger partial charge >= 0.3 is 6.18 Å². The average Bonchev–Trinajstić information content (AvgIpc) is 3.00. The fourth-order valence-corrected chi connectivity index (χ4v) is 1.66. The van der Waals surface area contributed by atoms with E-state index in [1.54, 1.807) is 6.07 Å². The van der Waals surface area contributed by atoms with E-state index in [2.05, 4.69) is 10.1 Å². The number of rotatable bonds is 3. The first-order valence-corrected chi connectivity index (χ1v) is 6.06. The Hall–Kier alpha value is -3.19. The maximum absolute atomic E-state index is 12.8. The second-order valence-corrected chi connectivity index (χ2v) is 4.28. The lowest BCUT2D eigenvalue weighted by atomic mass is 10.1. The Morgan fingerprint density at radius 3 is 2.74 bits per heavy atom. The van der Waals surface area contributed by atoms with Gasteiger partial charge in [-0.15, -0.1) is 5.10 Å². The molecule has 0 aliphatic carbocycles. The Morgan fingerprint density at radius 2 is 2.13 bits per heavy atom. The van der Waals surface area contributed by atoms with Crippen LogP contribution in [0.5, 0.6) is 0 Å². The molecule has 1 aromatic carbocycles. The van der Waals surface area contributed by atoms with Crippen molar-refractivity contribution in [2.24, 2.45) is 5.84 Å². The molecule has 118 valence electrons. The highest BCUT2D eigenvalue weighted by atomic mass is 19.4. The summed E-state index contributed by atoms with van der Waals surface area (Å²) in [6, 6.07) is 4.49. The van der Waals surface area contributed by atoms with E-state index in [-0.39, 0.29) is 17.0 Å². The van der Waals surface area contributed by atoms with E-state index in [0.29, 0.717) is 0 Å². The Bertz CT molecular complexity index is 803. The monoisotopic (exact) mass is 322 g/mol. The van der Waals surface area contributed by atoms with Crippen molar-refractivity contribution in [1.82, 2.24) is 20.2 Å². The smallest absolute Gasteiger partial charge is 0.291 e. The number of amides is 1. The summed E-state index contributed by atoms with van der Waals surface area (Å²) in [6.07, 6.45) is -1.12. The van der Waals surface area contributed by atoms with Crippen LogP contribution < -0.4 is 11.3 Å². The van der Waals surface area contributed by atoms with Crippen LogP contribution in [-0.4, -0.2) is 20.7 Å². The number of aromatic nitrogens is 3. The van der Waals surface area contributed by atoms with Gasteiger partial charge < -0.3 is 0 Å². The highest BCUT2D eigenvalue weighted by Gasteiger charge is 2.31. The summed E-state index contributed by atoms with van der Waals surface area (Å²) < 4.78 is 39.6. The van der Waals surface area contributed by atoms with Gasteiger partial charge in [0.15, 0.2) is 5.82 Å². The predicted octanol–water partition coefficient (Wildman–Crippen LogP) is 1.30. The highest BCUT2D eigenvalue weighted by Crippen LogP contribution is 2.32. The van der Waals surface area contributed by atoms with Gasteiger partial charge in [0.2, 0.25) is 0 Å². The maximum Gasteiger partial charge on any atom is 0.416 e. The third kappa shape index (κ3) is 3.92. The number of benzene rings is 1. The van der Waals surface area contributed by atoms with Crippen molar-refractivity contribution in [2.75, 3.05) is 0 Å². The molecule has 23 heavy (non-hydrogen) atoms. The predicted molar refractivity (Wildman–Crippen MR) is 72.8 cm³/mol. The van der Waals surface area contributed by atoms with Crippen LogP contribution in [0.1, 0.15) is 11.1 Å². The number of hydrogen-bond acceptors (Lipinski definition) is 5. The minimum absolute atomic E-state index is 0.0228. The molecule has 0 saturated carbocycles. The molecule has 0 saturated heterocycles. The summed E-state index contributed by atoms with van der Waals surface area (Å²) in [5, 5.41) is 12.8. The Morgan fingerprint density at radius 1 is 1.39 bits per heavy atom. The Balaban J connectivity index is 2.39. The van der Waals surface area contributed by atoms with Gasteiger partial charge in [-0.05, 0) is 18.2 Å². The molecule has 0 bridgehead atoms. The normalized spacial score (nSPS) is 11.4. The van der Waals surface area contributed by atoms with Crippen molar-refractivity contribution < 1.29 is 18.0 Å². The number of nitrogens with two attached hydrogens (primary N) is 1. The zero-order chi connectivity index (χ0) is 17.0. The summed E-state index contributed by atoms with van der Waals surface area (Å²) in [5.74, 6) is 4.28. The van der Waals surface area contributed by atoms with E-state index in [9.17, 15) is 18.0 Å². The van der Waals surface area contributed by atoms with Crippen LogP contribution in [0, 0.1) is 11.3 Å². The van der Waals surface area contributed by atoms with Gasteiger partial charge in [-0.1, -0.05) is 0 Å². The van der Waals surface area contributed by atoms with Gasteiger partial charge in [0.25, 0.3) is 5.91 Å². The largest absolute Gasteiger partial charge is 0.416 e. The third-order valence-corrected chi connectivity index (χ3v) is 2.68. The minimum Gasteiger partial charge on any atom is -0.291 e. The van der Waals surface area contributed by atoms with Crippen LogP contribution in [0.15, 0.2) is 30.6 Å². The van der Waals surface area contributed by atoms with Crippen molar-refractivity contribution in [3.63, 3.8) is 0 Å². The second kappa shape index (κ2) is 6.29. The van der Waals surface area contributed by atoms with Crippen molar-refractivity contribution in [2.45, 2.75) is 6.18 Å². The molecule has 2 aromatic rings. The zero-order valence-corrected chi connectivity index (χ0v) is 11.4. The summed E-state index contributed by atoms with van der Waals surface area (Å²) in [4.78, 5) is 14.8. The van der Waals surface area contributed by atoms with Crippen LogP contribution in [0.3, 0.4) is 0 Å². The molecule has 0 aliphatic rings. The van der Waals surface area contributed by atoms with Gasteiger partial charge in [-0.2, -0.15) is 18.4 Å². The number of nitrogens with one attached hydrogen (secondary N) is 1. The van der Waals surface area contributed by atoms with Crippen LogP contribution in [0.4, 0.5) is 13.2 Å². The molecule has 7 nitrogen and oxygen atoms in total. The first kappa shape index (κ1) is 16.2. The van der Waals surface area contributed by atoms with Crippen LogP contribution in [-0.2, 0) is 11.0 Å². The molecular weight excluding hydrogens is 313 g/mol. The van der Waals surface area contributed by atoms with Crippen molar-refractivity contribution in [1.29, 1.82) is 5.26 Å². The molecule has 0 spiro atoms. The molecule has 0 atom stereocenters. The van der Waals surface area contributed by atoms with E-state index < -0.39 is 17.6 Å². The molecule has 0 fully saturated rings. The van der Waals surface area contributed by atoms with E-state index in [4.69, 9.17) is 11.1 Å². The van der Waals surface area contributed by atoms with Gasteiger partial charge in [-0.25, -0.2) is 15.5 Å². The van der Waals surface area contributed by atoms with E-state index >= 15 is 0 Å². The van der Waals surface area contributed by atoms with Gasteiger partial charge in [0, 0.05) is 17.8 Å². The fraction of sp³-hybridized carbons (Fsp3) is 0.0769. The number of hydrazine groups is 1. The topological polar surface area (TPSA) is 110 Å². The summed E-state index contributed by atoms with van der Waals surface area (Å²) in [6.45, 7) is 0. The Kier molecular flexibility index (Phi) is 4.42. The number of carbonyl (C=O) groups is 1. The quantitative estimate of drug-likeness (QED) is 0.383. The number of halogens is 3. The summed E-state index contributed by atoms with van der Waals surface area (Å²) in [5.41, 5.74) is 0.765. The average molecular weight is 322 g/mol. The maximum atomic E-state index is 12.8. The van der Waals surface area contributed by atoms with Crippen molar-refractivity contribution in [3.05, 3.63) is 41.7 Å².